The van der Waals surface area contributed by atoms with Crippen molar-refractivity contribution in [3.05, 3.63) is 60.8 Å². The summed E-state index contributed by atoms with van der Waals surface area (Å²) in [6, 6.07) is 0. The molecular weight excluding hydrogens is 316 g/mol. The third-order valence-corrected chi connectivity index (χ3v) is 7.14. The largest absolute Gasteiger partial charge is 0.388 e. The highest BCUT2D eigenvalue weighted by Crippen LogP contribution is 2.59. The van der Waals surface area contributed by atoms with Crippen molar-refractivity contribution in [2.75, 3.05) is 0 Å². The summed E-state index contributed by atoms with van der Waals surface area (Å²) < 4.78 is 0. The molecule has 0 radical (unpaired) electrons. The first-order valence-electron chi connectivity index (χ1n) is 10.4. The van der Waals surface area contributed by atoms with Crippen LogP contribution in [0, 0.1) is 17.3 Å². The van der Waals surface area contributed by atoms with Crippen LogP contribution in [0.5, 0.6) is 0 Å². The van der Waals surface area contributed by atoms with Crippen molar-refractivity contribution in [1.82, 2.24) is 0 Å². The van der Waals surface area contributed by atoms with Gasteiger partial charge in [0, 0.05) is 0 Å². The monoisotopic (exact) mass is 354 g/mol. The normalized spacial score (nSPS) is 37.2. The van der Waals surface area contributed by atoms with Gasteiger partial charge in [-0.05, 0) is 80.6 Å². The van der Waals surface area contributed by atoms with Crippen LogP contribution in [-0.2, 0) is 0 Å². The van der Waals surface area contributed by atoms with Gasteiger partial charge in [0.25, 0.3) is 0 Å². The zero-order valence-electron chi connectivity index (χ0n) is 17.0. The summed E-state index contributed by atoms with van der Waals surface area (Å²) in [5.41, 5.74) is 5.94. The second-order valence-electron chi connectivity index (χ2n) is 8.50. The molecule has 1 N–H and O–H groups in total. The molecule has 3 aliphatic rings. The Morgan fingerprint density at radius 1 is 1.19 bits per heavy atom. The molecule has 144 valence electrons. The van der Waals surface area contributed by atoms with E-state index in [4.69, 9.17) is 0 Å². The Morgan fingerprint density at radius 3 is 2.58 bits per heavy atom. The average molecular weight is 355 g/mol. The lowest BCUT2D eigenvalue weighted by Crippen LogP contribution is -2.33. The topological polar surface area (TPSA) is 20.2 Å². The fourth-order valence-corrected chi connectivity index (χ4v) is 5.52. The highest BCUT2D eigenvalue weighted by molar-refractivity contribution is 5.29. The molecule has 0 heterocycles. The zero-order chi connectivity index (χ0) is 19.3. The zero-order valence-corrected chi connectivity index (χ0v) is 17.0. The molecule has 0 aromatic heterocycles. The van der Waals surface area contributed by atoms with Crippen molar-refractivity contribution in [2.24, 2.45) is 17.3 Å². The lowest BCUT2D eigenvalue weighted by Gasteiger charge is -2.43. The molecule has 0 bridgehead atoms. The van der Waals surface area contributed by atoms with Gasteiger partial charge in [0.1, 0.15) is 0 Å². The number of aliphatic hydroxyl groups is 1. The Bertz CT molecular complexity index is 593. The van der Waals surface area contributed by atoms with Crippen LogP contribution in [0.2, 0.25) is 0 Å². The molecule has 0 saturated heterocycles. The van der Waals surface area contributed by atoms with Crippen molar-refractivity contribution in [3.63, 3.8) is 0 Å². The minimum atomic E-state index is -0.330. The number of allylic oxidation sites excluding steroid dienone is 4. The number of hydrogen-bond donors (Lipinski definition) is 1. The number of rotatable bonds is 3. The maximum Gasteiger partial charge on any atom is 0.0784 e. The van der Waals surface area contributed by atoms with Crippen LogP contribution in [0.1, 0.15) is 71.6 Å². The van der Waals surface area contributed by atoms with Crippen LogP contribution in [0.25, 0.3) is 0 Å². The van der Waals surface area contributed by atoms with Gasteiger partial charge in [-0.1, -0.05) is 55.9 Å². The quantitative estimate of drug-likeness (QED) is 0.545. The molecule has 0 aromatic rings. The third kappa shape index (κ3) is 4.14. The van der Waals surface area contributed by atoms with Crippen molar-refractivity contribution in [2.45, 2.75) is 77.7 Å². The smallest absolute Gasteiger partial charge is 0.0784 e. The van der Waals surface area contributed by atoms with Crippen molar-refractivity contribution in [1.29, 1.82) is 0 Å². The molecule has 0 aromatic carbocycles. The molecule has 3 saturated carbocycles. The molecule has 0 amide bonds. The maximum atomic E-state index is 10.0. The van der Waals surface area contributed by atoms with Crippen LogP contribution >= 0.6 is 0 Å². The van der Waals surface area contributed by atoms with Gasteiger partial charge in [-0.15, -0.1) is 13.2 Å². The second-order valence-corrected chi connectivity index (χ2v) is 8.50. The van der Waals surface area contributed by atoms with Gasteiger partial charge >= 0.3 is 0 Å². The number of aliphatic hydroxyl groups excluding tert-OH is 1. The highest BCUT2D eigenvalue weighted by atomic mass is 16.3. The first-order chi connectivity index (χ1) is 12.5. The van der Waals surface area contributed by atoms with E-state index in [1.54, 1.807) is 5.57 Å². The predicted octanol–water partition coefficient (Wildman–Crippen LogP) is 6.93. The van der Waals surface area contributed by atoms with Gasteiger partial charge in [-0.2, -0.15) is 0 Å². The summed E-state index contributed by atoms with van der Waals surface area (Å²) in [6.45, 7) is 19.1. The molecule has 4 atom stereocenters. The van der Waals surface area contributed by atoms with Gasteiger partial charge in [0.05, 0.1) is 6.10 Å². The molecule has 0 spiro atoms. The van der Waals surface area contributed by atoms with Gasteiger partial charge in [-0.25, -0.2) is 0 Å². The fraction of sp³-hybridized carbons (Fsp3) is 0.600. The van der Waals surface area contributed by atoms with Crippen LogP contribution in [0.3, 0.4) is 0 Å². The summed E-state index contributed by atoms with van der Waals surface area (Å²) in [5.74, 6) is 1.45. The molecule has 3 aliphatic carbocycles. The van der Waals surface area contributed by atoms with E-state index in [0.29, 0.717) is 11.3 Å². The van der Waals surface area contributed by atoms with E-state index in [1.165, 1.54) is 43.3 Å². The molecule has 4 unspecified atom stereocenters. The van der Waals surface area contributed by atoms with Crippen LogP contribution in [0.15, 0.2) is 60.8 Å². The van der Waals surface area contributed by atoms with E-state index in [-0.39, 0.29) is 6.10 Å². The average Bonchev–Trinajstić information content (AvgIpc) is 3.01. The summed E-state index contributed by atoms with van der Waals surface area (Å²) in [7, 11) is 0. The maximum absolute atomic E-state index is 10.0. The number of fused-ring (bicyclic) bond motifs is 1. The fourth-order valence-electron chi connectivity index (χ4n) is 5.52. The van der Waals surface area contributed by atoms with Crippen LogP contribution < -0.4 is 0 Å². The van der Waals surface area contributed by atoms with Gasteiger partial charge in [-0.3, -0.25) is 0 Å². The molecule has 3 rings (SSSR count). The Balaban J connectivity index is 0.00000117. The molecule has 26 heavy (non-hydrogen) atoms. The first-order valence-corrected chi connectivity index (χ1v) is 10.4. The number of hydrogen-bond acceptors (Lipinski definition) is 1. The van der Waals surface area contributed by atoms with Gasteiger partial charge in [0.2, 0.25) is 0 Å². The Labute approximate surface area is 161 Å². The van der Waals surface area contributed by atoms with Gasteiger partial charge < -0.3 is 5.11 Å². The van der Waals surface area contributed by atoms with E-state index >= 15 is 0 Å². The second kappa shape index (κ2) is 9.04. The lowest BCUT2D eigenvalue weighted by atomic mass is 9.62. The third-order valence-electron chi connectivity index (χ3n) is 7.14. The van der Waals surface area contributed by atoms with E-state index in [2.05, 4.69) is 52.3 Å². The Hall–Kier alpha value is -1.34. The predicted molar refractivity (Wildman–Crippen MR) is 114 cm³/mol. The summed E-state index contributed by atoms with van der Waals surface area (Å²) in [4.78, 5) is 0. The highest BCUT2D eigenvalue weighted by Gasteiger charge is 2.49. The first kappa shape index (κ1) is 21.0. The van der Waals surface area contributed by atoms with E-state index in [1.807, 2.05) is 0 Å². The summed E-state index contributed by atoms with van der Waals surface area (Å²) >= 11 is 0. The lowest BCUT2D eigenvalue weighted by molar-refractivity contribution is 0.154. The minimum Gasteiger partial charge on any atom is -0.388 e. The molecule has 3 fully saturated rings. The van der Waals surface area contributed by atoms with Crippen molar-refractivity contribution in [3.8, 4) is 0 Å². The SMILES string of the molecule is C=C.C=C1CC/C(=C/C=C2\CCCC3(C)C(C(=C)CC)CCC23)CC1O. The van der Waals surface area contributed by atoms with Crippen molar-refractivity contribution >= 4 is 0 Å². The van der Waals surface area contributed by atoms with E-state index in [9.17, 15) is 5.11 Å². The standard InChI is InChI=1S/C23H34O.C2H4/c1-5-16(2)20-12-13-21-19(7-6-14-23(20,21)4)11-10-18-9-8-17(3)22(24)15-18;1-2/h10-11,20-22,24H,2-3,5-9,12-15H2,1,4H3;1-2H2/b18-10-,19-11+;. The van der Waals surface area contributed by atoms with Crippen LogP contribution in [0.4, 0.5) is 0 Å². The minimum absolute atomic E-state index is 0.330. The summed E-state index contributed by atoms with van der Waals surface area (Å²) in [5, 5.41) is 10.0. The van der Waals surface area contributed by atoms with Gasteiger partial charge in [0.15, 0.2) is 0 Å². The molecular formula is C25H38O. The molecule has 1 heteroatoms. The Morgan fingerprint density at radius 2 is 1.92 bits per heavy atom. The molecule has 0 aliphatic heterocycles. The van der Waals surface area contributed by atoms with E-state index < -0.39 is 0 Å². The summed E-state index contributed by atoms with van der Waals surface area (Å²) in [6.07, 6.45) is 14.9. The van der Waals surface area contributed by atoms with Crippen molar-refractivity contribution < 1.29 is 5.11 Å². The van der Waals surface area contributed by atoms with Crippen LogP contribution in [-0.4, -0.2) is 11.2 Å². The Kier molecular flexibility index (Phi) is 7.29. The van der Waals surface area contributed by atoms with E-state index in [0.717, 1.165) is 37.2 Å². The molecule has 1 nitrogen and oxygen atoms in total.